The Morgan fingerprint density at radius 1 is 1.00 bits per heavy atom. The van der Waals surface area contributed by atoms with Crippen molar-refractivity contribution < 1.29 is 14.4 Å². The second-order valence-corrected chi connectivity index (χ2v) is 13.8. The van der Waals surface area contributed by atoms with Gasteiger partial charge in [0.15, 0.2) is 0 Å². The van der Waals surface area contributed by atoms with Gasteiger partial charge in [0.2, 0.25) is 14.2 Å². The second kappa shape index (κ2) is 10.4. The lowest BCUT2D eigenvalue weighted by molar-refractivity contribution is -0.117. The highest BCUT2D eigenvalue weighted by Crippen LogP contribution is 2.39. The zero-order valence-corrected chi connectivity index (χ0v) is 22.6. The first-order valence-electron chi connectivity index (χ1n) is 12.4. The minimum absolute atomic E-state index is 0.0101. The zero-order chi connectivity index (χ0) is 26.0. The molecule has 0 saturated heterocycles. The minimum atomic E-state index is -2.43. The first-order chi connectivity index (χ1) is 17.1. The summed E-state index contributed by atoms with van der Waals surface area (Å²) in [4.78, 5) is 37.9. The van der Waals surface area contributed by atoms with Gasteiger partial charge in [-0.15, -0.1) is 0 Å². The predicted molar refractivity (Wildman–Crippen MR) is 148 cm³/mol. The van der Waals surface area contributed by atoms with Gasteiger partial charge in [-0.3, -0.25) is 9.59 Å². The van der Waals surface area contributed by atoms with E-state index in [1.807, 2.05) is 56.2 Å². The van der Waals surface area contributed by atoms with Crippen LogP contribution < -0.4 is 20.7 Å². The van der Waals surface area contributed by atoms with E-state index in [4.69, 9.17) is 0 Å². The Bertz CT molecular complexity index is 1250. The van der Waals surface area contributed by atoms with Crippen LogP contribution in [0.1, 0.15) is 47.8 Å². The van der Waals surface area contributed by atoms with Crippen molar-refractivity contribution in [1.29, 1.82) is 0 Å². The lowest BCUT2D eigenvalue weighted by Gasteiger charge is -2.39. The van der Waals surface area contributed by atoms with Crippen LogP contribution in [0.5, 0.6) is 0 Å². The van der Waals surface area contributed by atoms with Gasteiger partial charge in [-0.2, -0.15) is 0 Å². The van der Waals surface area contributed by atoms with Gasteiger partial charge in [0.25, 0.3) is 5.91 Å². The third-order valence-corrected chi connectivity index (χ3v) is 8.59. The molecule has 4 rings (SSSR count). The average Bonchev–Trinajstić information content (AvgIpc) is 2.84. The van der Waals surface area contributed by atoms with Crippen molar-refractivity contribution in [2.45, 2.75) is 52.0 Å². The Hall–Kier alpha value is -3.26. The second-order valence-electron chi connectivity index (χ2n) is 10.1. The normalized spacial score (nSPS) is 17.4. The van der Waals surface area contributed by atoms with Crippen LogP contribution in [0.2, 0.25) is 13.1 Å². The van der Waals surface area contributed by atoms with E-state index in [-0.39, 0.29) is 23.9 Å². The smallest absolute Gasteiger partial charge is 0.251 e. The quantitative estimate of drug-likeness (QED) is 0.445. The molecule has 3 aromatic rings. The minimum Gasteiger partial charge on any atom is -0.428 e. The van der Waals surface area contributed by atoms with Gasteiger partial charge >= 0.3 is 0 Å². The third kappa shape index (κ3) is 5.43. The molecular formula is C29H35N3O3Si. The molecule has 0 radical (unpaired) electrons. The van der Waals surface area contributed by atoms with Gasteiger partial charge in [0.1, 0.15) is 0 Å². The van der Waals surface area contributed by atoms with Gasteiger partial charge in [-0.05, 0) is 85.2 Å². The van der Waals surface area contributed by atoms with E-state index in [1.165, 1.54) is 5.56 Å². The molecule has 0 aliphatic carbocycles. The summed E-state index contributed by atoms with van der Waals surface area (Å²) in [6, 6.07) is 21.5. The van der Waals surface area contributed by atoms with Gasteiger partial charge in [-0.25, -0.2) is 0 Å². The number of nitrogens with one attached hydrogen (secondary N) is 2. The Kier molecular flexibility index (Phi) is 7.45. The number of benzene rings is 3. The molecule has 2 amide bonds. The van der Waals surface area contributed by atoms with Crippen LogP contribution in [-0.4, -0.2) is 38.0 Å². The lowest BCUT2D eigenvalue weighted by atomic mass is 9.88. The lowest BCUT2D eigenvalue weighted by Crippen LogP contribution is -2.45. The topological polar surface area (TPSA) is 81.7 Å². The summed E-state index contributed by atoms with van der Waals surface area (Å²) in [7, 11) is -0.500. The molecule has 36 heavy (non-hydrogen) atoms. The first-order valence-corrected chi connectivity index (χ1v) is 15.3. The highest BCUT2D eigenvalue weighted by molar-refractivity contribution is 6.83. The van der Waals surface area contributed by atoms with E-state index in [9.17, 15) is 14.4 Å². The molecule has 1 aliphatic rings. The Morgan fingerprint density at radius 3 is 2.22 bits per heavy atom. The number of carbonyl (C=O) groups is 2. The molecule has 2 unspecified atom stereocenters. The number of carbonyl (C=O) groups excluding carboxylic acids is 2. The maximum Gasteiger partial charge on any atom is 0.251 e. The van der Waals surface area contributed by atoms with Gasteiger partial charge in [0.05, 0.1) is 6.04 Å². The fraction of sp³-hybridized carbons (Fsp3) is 0.310. The maximum absolute atomic E-state index is 13.2. The van der Waals surface area contributed by atoms with E-state index >= 15 is 0 Å². The molecule has 3 aromatic carbocycles. The van der Waals surface area contributed by atoms with E-state index in [0.717, 1.165) is 34.1 Å². The summed E-state index contributed by atoms with van der Waals surface area (Å²) >= 11 is 0. The molecular weight excluding hydrogens is 466 g/mol. The largest absolute Gasteiger partial charge is 0.428 e. The molecule has 0 aromatic heterocycles. The number of rotatable bonds is 6. The zero-order valence-electron chi connectivity index (χ0n) is 21.6. The average molecular weight is 502 g/mol. The van der Waals surface area contributed by atoms with Crippen LogP contribution in [-0.2, 0) is 11.3 Å². The molecule has 0 spiro atoms. The van der Waals surface area contributed by atoms with Crippen LogP contribution >= 0.6 is 0 Å². The van der Waals surface area contributed by atoms with E-state index in [0.29, 0.717) is 12.0 Å². The van der Waals surface area contributed by atoms with Crippen LogP contribution in [0.3, 0.4) is 0 Å². The molecule has 0 fully saturated rings. The van der Waals surface area contributed by atoms with Crippen molar-refractivity contribution >= 4 is 31.0 Å². The van der Waals surface area contributed by atoms with Crippen molar-refractivity contribution in [3.8, 4) is 11.1 Å². The molecule has 3 N–H and O–H groups in total. The number of anilines is 1. The van der Waals surface area contributed by atoms with Gasteiger partial charge in [-0.1, -0.05) is 42.5 Å². The molecule has 7 heteroatoms. The maximum atomic E-state index is 13.2. The van der Waals surface area contributed by atoms with Crippen molar-refractivity contribution in [1.82, 2.24) is 10.6 Å². The SMILES string of the molecule is CNCc1ccc(-c2ccc3c(c2)C(NC(=O)c2ccc([Si](C)(C)O)cc2)CC(C)N3C(C)=O)cc1. The van der Waals surface area contributed by atoms with Crippen LogP contribution in [0.25, 0.3) is 11.1 Å². The summed E-state index contributed by atoms with van der Waals surface area (Å²) in [6.07, 6.45) is 0.623. The fourth-order valence-electron chi connectivity index (χ4n) is 4.95. The number of nitrogens with zero attached hydrogens (tertiary/aromatic N) is 1. The Labute approximate surface area is 214 Å². The van der Waals surface area contributed by atoms with E-state index in [2.05, 4.69) is 41.0 Å². The van der Waals surface area contributed by atoms with Crippen molar-refractivity contribution in [3.63, 3.8) is 0 Å². The summed E-state index contributed by atoms with van der Waals surface area (Å²) in [5, 5.41) is 7.26. The number of fused-ring (bicyclic) bond motifs is 1. The van der Waals surface area contributed by atoms with Crippen LogP contribution in [0, 0.1) is 0 Å². The van der Waals surface area contributed by atoms with Crippen molar-refractivity contribution in [3.05, 3.63) is 83.4 Å². The fourth-order valence-corrected chi connectivity index (χ4v) is 5.93. The van der Waals surface area contributed by atoms with E-state index < -0.39 is 8.32 Å². The van der Waals surface area contributed by atoms with E-state index in [1.54, 1.807) is 19.1 Å². The van der Waals surface area contributed by atoms with Crippen LogP contribution in [0.15, 0.2) is 66.7 Å². The van der Waals surface area contributed by atoms with Crippen molar-refractivity contribution in [2.24, 2.45) is 0 Å². The molecule has 6 nitrogen and oxygen atoms in total. The molecule has 188 valence electrons. The summed E-state index contributed by atoms with van der Waals surface area (Å²) in [5.74, 6) is -0.177. The summed E-state index contributed by atoms with van der Waals surface area (Å²) < 4.78 is 0. The number of hydrogen-bond acceptors (Lipinski definition) is 4. The van der Waals surface area contributed by atoms with Gasteiger partial charge < -0.3 is 20.3 Å². The Balaban J connectivity index is 1.66. The van der Waals surface area contributed by atoms with Crippen molar-refractivity contribution in [2.75, 3.05) is 11.9 Å². The Morgan fingerprint density at radius 2 is 1.64 bits per heavy atom. The molecule has 1 heterocycles. The highest BCUT2D eigenvalue weighted by atomic mass is 28.4. The monoisotopic (exact) mass is 501 g/mol. The molecule has 2 atom stereocenters. The molecule has 0 bridgehead atoms. The first kappa shape index (κ1) is 25.8. The number of amides is 2. The van der Waals surface area contributed by atoms with Gasteiger partial charge in [0, 0.05) is 30.8 Å². The molecule has 1 aliphatic heterocycles. The molecule has 0 saturated carbocycles. The summed E-state index contributed by atoms with van der Waals surface area (Å²) in [6.45, 7) is 8.12. The standard InChI is InChI=1S/C29H35N3O3Si/c1-19-16-27(31-29(34)23-10-13-25(14-11-23)36(4,5)35)26-17-24(12-15-28(26)32(19)20(2)33)22-8-6-21(7-9-22)18-30-3/h6-15,17,19,27,30,35H,16,18H2,1-5H3,(H,31,34). The summed E-state index contributed by atoms with van der Waals surface area (Å²) in [5.41, 5.74) is 5.67. The highest BCUT2D eigenvalue weighted by Gasteiger charge is 2.33. The van der Waals surface area contributed by atoms with Crippen LogP contribution in [0.4, 0.5) is 5.69 Å². The predicted octanol–water partition coefficient (Wildman–Crippen LogP) is 4.09. The number of hydrogen-bond donors (Lipinski definition) is 3. The third-order valence-electron chi connectivity index (χ3n) is 6.85.